The van der Waals surface area contributed by atoms with Crippen LogP contribution >= 0.6 is 11.3 Å². The minimum atomic E-state index is 0.439. The van der Waals surface area contributed by atoms with Crippen molar-refractivity contribution in [2.24, 2.45) is 0 Å². The standard InChI is InChI=1S/C16H19NS/c1-12(16-6-3-9-18-16)17-11-13-4-2-5-15(10-13)14-7-8-14/h2-6,9-10,12,14,17H,7-8,11H2,1H3/t12-/m0/s1. The van der Waals surface area contributed by atoms with Crippen LogP contribution in [0.2, 0.25) is 0 Å². The van der Waals surface area contributed by atoms with E-state index < -0.39 is 0 Å². The molecule has 1 atom stereocenters. The molecule has 1 nitrogen and oxygen atoms in total. The highest BCUT2D eigenvalue weighted by atomic mass is 32.1. The lowest BCUT2D eigenvalue weighted by Gasteiger charge is -2.12. The van der Waals surface area contributed by atoms with Gasteiger partial charge in [0.05, 0.1) is 0 Å². The van der Waals surface area contributed by atoms with Gasteiger partial charge in [0.1, 0.15) is 0 Å². The maximum absolute atomic E-state index is 3.60. The normalized spacial score (nSPS) is 16.7. The molecule has 0 unspecified atom stereocenters. The van der Waals surface area contributed by atoms with E-state index in [0.717, 1.165) is 12.5 Å². The predicted octanol–water partition coefficient (Wildman–Crippen LogP) is 4.48. The van der Waals surface area contributed by atoms with Crippen LogP contribution in [0.5, 0.6) is 0 Å². The van der Waals surface area contributed by atoms with Crippen LogP contribution in [0.25, 0.3) is 0 Å². The number of nitrogens with one attached hydrogen (secondary N) is 1. The van der Waals surface area contributed by atoms with Crippen LogP contribution in [0.15, 0.2) is 41.8 Å². The van der Waals surface area contributed by atoms with Gasteiger partial charge in [-0.25, -0.2) is 0 Å². The average molecular weight is 257 g/mol. The van der Waals surface area contributed by atoms with Crippen LogP contribution < -0.4 is 5.32 Å². The highest BCUT2D eigenvalue weighted by molar-refractivity contribution is 7.10. The zero-order valence-corrected chi connectivity index (χ0v) is 11.5. The summed E-state index contributed by atoms with van der Waals surface area (Å²) < 4.78 is 0. The lowest BCUT2D eigenvalue weighted by atomic mass is 10.1. The molecule has 2 heteroatoms. The Kier molecular flexibility index (Phi) is 3.48. The van der Waals surface area contributed by atoms with Crippen molar-refractivity contribution in [2.45, 2.75) is 38.3 Å². The Hall–Kier alpha value is -1.12. The molecule has 18 heavy (non-hydrogen) atoms. The van der Waals surface area contributed by atoms with Crippen LogP contribution in [-0.2, 0) is 6.54 Å². The van der Waals surface area contributed by atoms with E-state index in [0.29, 0.717) is 6.04 Å². The van der Waals surface area contributed by atoms with Crippen molar-refractivity contribution in [3.8, 4) is 0 Å². The van der Waals surface area contributed by atoms with Gasteiger partial charge in [0, 0.05) is 17.5 Å². The molecule has 1 saturated carbocycles. The highest BCUT2D eigenvalue weighted by Gasteiger charge is 2.23. The van der Waals surface area contributed by atoms with Crippen LogP contribution in [0.4, 0.5) is 0 Å². The third-order valence-electron chi connectivity index (χ3n) is 3.58. The van der Waals surface area contributed by atoms with E-state index in [2.05, 4.69) is 54.0 Å². The third-order valence-corrected chi connectivity index (χ3v) is 4.64. The second-order valence-electron chi connectivity index (χ2n) is 5.14. The Morgan fingerprint density at radius 1 is 1.28 bits per heavy atom. The van der Waals surface area contributed by atoms with Crippen molar-refractivity contribution in [3.63, 3.8) is 0 Å². The number of benzene rings is 1. The molecule has 0 saturated heterocycles. The Bertz CT molecular complexity index is 500. The van der Waals surface area contributed by atoms with Gasteiger partial charge in [-0.3, -0.25) is 0 Å². The van der Waals surface area contributed by atoms with E-state index in [4.69, 9.17) is 0 Å². The molecular weight excluding hydrogens is 238 g/mol. The summed E-state index contributed by atoms with van der Waals surface area (Å²) in [7, 11) is 0. The molecular formula is C16H19NS. The summed E-state index contributed by atoms with van der Waals surface area (Å²) in [6.07, 6.45) is 2.75. The maximum Gasteiger partial charge on any atom is 0.0388 e. The Morgan fingerprint density at radius 2 is 2.17 bits per heavy atom. The zero-order chi connectivity index (χ0) is 12.4. The molecule has 1 aromatic heterocycles. The summed E-state index contributed by atoms with van der Waals surface area (Å²) in [4.78, 5) is 1.41. The molecule has 1 heterocycles. The summed E-state index contributed by atoms with van der Waals surface area (Å²) in [6.45, 7) is 3.19. The average Bonchev–Trinajstić information content (AvgIpc) is 3.11. The Labute approximate surface area is 113 Å². The Balaban J connectivity index is 1.60. The molecule has 1 N–H and O–H groups in total. The minimum Gasteiger partial charge on any atom is -0.305 e. The van der Waals surface area contributed by atoms with Gasteiger partial charge in [-0.2, -0.15) is 0 Å². The monoisotopic (exact) mass is 257 g/mol. The first-order chi connectivity index (χ1) is 8.83. The molecule has 0 radical (unpaired) electrons. The smallest absolute Gasteiger partial charge is 0.0388 e. The fraction of sp³-hybridized carbons (Fsp3) is 0.375. The maximum atomic E-state index is 3.60. The van der Waals surface area contributed by atoms with Crippen molar-refractivity contribution in [3.05, 3.63) is 57.8 Å². The van der Waals surface area contributed by atoms with E-state index in [1.807, 2.05) is 11.3 Å². The number of hydrogen-bond donors (Lipinski definition) is 1. The molecule has 3 rings (SSSR count). The van der Waals surface area contributed by atoms with E-state index in [1.54, 1.807) is 0 Å². The first kappa shape index (κ1) is 11.9. The molecule has 1 aliphatic carbocycles. The van der Waals surface area contributed by atoms with Gasteiger partial charge in [-0.1, -0.05) is 30.3 Å². The van der Waals surface area contributed by atoms with Crippen molar-refractivity contribution in [2.75, 3.05) is 0 Å². The highest BCUT2D eigenvalue weighted by Crippen LogP contribution is 2.40. The van der Waals surface area contributed by atoms with Gasteiger partial charge in [-0.15, -0.1) is 11.3 Å². The van der Waals surface area contributed by atoms with Crippen molar-refractivity contribution in [1.82, 2.24) is 5.32 Å². The zero-order valence-electron chi connectivity index (χ0n) is 10.7. The quantitative estimate of drug-likeness (QED) is 0.833. The topological polar surface area (TPSA) is 12.0 Å². The van der Waals surface area contributed by atoms with E-state index in [9.17, 15) is 0 Å². The first-order valence-electron chi connectivity index (χ1n) is 6.68. The first-order valence-corrected chi connectivity index (χ1v) is 7.56. The second-order valence-corrected chi connectivity index (χ2v) is 6.12. The summed E-state index contributed by atoms with van der Waals surface area (Å²) in [6, 6.07) is 13.8. The van der Waals surface area contributed by atoms with Crippen molar-refractivity contribution in [1.29, 1.82) is 0 Å². The van der Waals surface area contributed by atoms with Crippen LogP contribution in [0.3, 0.4) is 0 Å². The molecule has 1 aromatic carbocycles. The van der Waals surface area contributed by atoms with E-state index >= 15 is 0 Å². The lowest BCUT2D eigenvalue weighted by Crippen LogP contribution is -2.17. The van der Waals surface area contributed by atoms with Gasteiger partial charge in [0.15, 0.2) is 0 Å². The molecule has 0 bridgehead atoms. The third kappa shape index (κ3) is 2.82. The molecule has 94 valence electrons. The number of rotatable bonds is 5. The summed E-state index contributed by atoms with van der Waals surface area (Å²) in [5.74, 6) is 0.847. The van der Waals surface area contributed by atoms with E-state index in [-0.39, 0.29) is 0 Å². The molecule has 0 spiro atoms. The van der Waals surface area contributed by atoms with Crippen LogP contribution in [-0.4, -0.2) is 0 Å². The van der Waals surface area contributed by atoms with E-state index in [1.165, 1.54) is 28.8 Å². The number of thiophene rings is 1. The Morgan fingerprint density at radius 3 is 2.89 bits per heavy atom. The fourth-order valence-electron chi connectivity index (χ4n) is 2.28. The summed E-state index contributed by atoms with van der Waals surface area (Å²) >= 11 is 1.82. The van der Waals surface area contributed by atoms with Gasteiger partial charge >= 0.3 is 0 Å². The molecule has 2 aromatic rings. The van der Waals surface area contributed by atoms with Crippen LogP contribution in [0.1, 0.15) is 47.7 Å². The lowest BCUT2D eigenvalue weighted by molar-refractivity contribution is 0.582. The fourth-order valence-corrected chi connectivity index (χ4v) is 3.04. The van der Waals surface area contributed by atoms with Gasteiger partial charge < -0.3 is 5.32 Å². The predicted molar refractivity (Wildman–Crippen MR) is 78.0 cm³/mol. The van der Waals surface area contributed by atoms with Gasteiger partial charge in [-0.05, 0) is 48.3 Å². The van der Waals surface area contributed by atoms with Gasteiger partial charge in [0.25, 0.3) is 0 Å². The SMILES string of the molecule is C[C@H](NCc1cccc(C2CC2)c1)c1cccs1. The molecule has 1 fully saturated rings. The number of hydrogen-bond acceptors (Lipinski definition) is 2. The molecule has 1 aliphatic rings. The van der Waals surface area contributed by atoms with Crippen molar-refractivity contribution < 1.29 is 0 Å². The minimum absolute atomic E-state index is 0.439. The molecule has 0 aliphatic heterocycles. The van der Waals surface area contributed by atoms with Crippen molar-refractivity contribution >= 4 is 11.3 Å². The summed E-state index contributed by atoms with van der Waals surface area (Å²) in [5.41, 5.74) is 2.93. The summed E-state index contributed by atoms with van der Waals surface area (Å²) in [5, 5.41) is 5.74. The largest absolute Gasteiger partial charge is 0.305 e. The molecule has 0 amide bonds. The van der Waals surface area contributed by atoms with Gasteiger partial charge in [0.2, 0.25) is 0 Å². The van der Waals surface area contributed by atoms with Crippen LogP contribution in [0, 0.1) is 0 Å². The second kappa shape index (κ2) is 5.25.